The molecule has 7 rings (SSSR count). The van der Waals surface area contributed by atoms with E-state index in [2.05, 4.69) is 10.3 Å². The van der Waals surface area contributed by atoms with Crippen LogP contribution in [0.2, 0.25) is 0 Å². The van der Waals surface area contributed by atoms with Gasteiger partial charge in [0.15, 0.2) is 6.61 Å². The maximum Gasteiger partial charge on any atom is 0.338 e. The number of carbonyl (C=O) groups excluding carboxylic acids is 4. The Kier molecular flexibility index (Phi) is 8.62. The normalized spacial score (nSPS) is 26.5. The molecule has 2 aliphatic heterocycles. The van der Waals surface area contributed by atoms with Gasteiger partial charge in [-0.05, 0) is 79.5 Å². The fourth-order valence-corrected chi connectivity index (χ4v) is 11.0. The molecule has 6 unspecified atom stereocenters. The van der Waals surface area contributed by atoms with E-state index >= 15 is 0 Å². The summed E-state index contributed by atoms with van der Waals surface area (Å²) in [5, 5.41) is 12.6. The highest BCUT2D eigenvalue weighted by molar-refractivity contribution is 8.00. The first kappa shape index (κ1) is 32.1. The number of benzene rings is 2. The number of hydrogen-bond donors (Lipinski definition) is 3. The molecule has 1 saturated heterocycles. The van der Waals surface area contributed by atoms with Gasteiger partial charge in [-0.25, -0.2) is 4.79 Å². The van der Waals surface area contributed by atoms with Crippen LogP contribution < -0.4 is 14.9 Å². The van der Waals surface area contributed by atoms with Crippen molar-refractivity contribution in [1.29, 1.82) is 0 Å². The number of carboxylic acid groups (broad SMARTS) is 1. The molecule has 12 nitrogen and oxygen atoms in total. The van der Waals surface area contributed by atoms with Gasteiger partial charge in [0, 0.05) is 34.7 Å². The zero-order chi connectivity index (χ0) is 33.7. The summed E-state index contributed by atoms with van der Waals surface area (Å²) >= 11 is 2.78. The highest BCUT2D eigenvalue weighted by Gasteiger charge is 2.69. The molecule has 0 spiro atoms. The summed E-state index contributed by atoms with van der Waals surface area (Å²) in [7, 11) is 0. The maximum absolute atomic E-state index is 13.6. The molecule has 3 amide bonds. The molecule has 2 aromatic carbocycles. The highest BCUT2D eigenvalue weighted by Crippen LogP contribution is 2.68. The second kappa shape index (κ2) is 12.9. The number of nitrogens with zero attached hydrogens (tertiary/aromatic N) is 1. The predicted octanol–water partition coefficient (Wildman–Crippen LogP) is 3.97. The smallest absolute Gasteiger partial charge is 0.338 e. The van der Waals surface area contributed by atoms with Crippen LogP contribution in [0.4, 0.5) is 5.69 Å². The number of carbonyl (C=O) groups is 5. The van der Waals surface area contributed by atoms with Crippen molar-refractivity contribution in [3.63, 3.8) is 0 Å². The topological polar surface area (TPSA) is 172 Å². The summed E-state index contributed by atoms with van der Waals surface area (Å²) in [6, 6.07) is 13.8. The molecule has 14 heteroatoms. The lowest BCUT2D eigenvalue weighted by Gasteiger charge is -2.43. The molecular formula is C34H33N3O9S2. The standard InChI is InChI=1S/C34H33N3O9S2/c1-2-45-33(43)17-5-9-18(10-6-17)35-22(38)15-46-19-11-7-16(8-12-19)24-25-20-14-21(28(25)47-30-29(24)48-34(44)36-30)27-26(20)31(41)37(32(27)42)13-3-4-23(39)40/h5-12,20-21,24-28H,2-4,13-15H2,1H3,(H,35,38)(H,36,44)(H,39,40)/t20?,21?,24-,25?,26?,27?,28?/m1/s1. The minimum atomic E-state index is -0.960. The molecule has 3 fully saturated rings. The number of likely N-dealkylation sites (tertiary alicyclic amines) is 1. The van der Waals surface area contributed by atoms with Crippen LogP contribution >= 0.6 is 23.1 Å². The number of imide groups is 1. The van der Waals surface area contributed by atoms with Gasteiger partial charge in [-0.2, -0.15) is 0 Å². The number of aromatic nitrogens is 1. The zero-order valence-corrected chi connectivity index (χ0v) is 27.5. The van der Waals surface area contributed by atoms with Gasteiger partial charge in [-0.3, -0.25) is 28.9 Å². The largest absolute Gasteiger partial charge is 0.484 e. The molecule has 48 heavy (non-hydrogen) atoms. The molecule has 1 aromatic heterocycles. The number of fused-ring (bicyclic) bond motifs is 9. The zero-order valence-electron chi connectivity index (χ0n) is 25.9. The number of amides is 3. The Balaban J connectivity index is 1.05. The van der Waals surface area contributed by atoms with E-state index in [1.54, 1.807) is 55.1 Å². The summed E-state index contributed by atoms with van der Waals surface area (Å²) in [6.07, 6.45) is 0.882. The molecular weight excluding hydrogens is 659 g/mol. The summed E-state index contributed by atoms with van der Waals surface area (Å²) in [6.45, 7) is 1.88. The monoisotopic (exact) mass is 691 g/mol. The molecule has 4 aliphatic rings. The molecule has 2 aliphatic carbocycles. The van der Waals surface area contributed by atoms with Gasteiger partial charge in [-0.1, -0.05) is 23.5 Å². The van der Waals surface area contributed by atoms with Crippen LogP contribution in [-0.4, -0.2) is 69.7 Å². The molecule has 2 bridgehead atoms. The second-order valence-electron chi connectivity index (χ2n) is 12.5. The summed E-state index contributed by atoms with van der Waals surface area (Å²) in [4.78, 5) is 80.1. The van der Waals surface area contributed by atoms with E-state index in [0.29, 0.717) is 17.0 Å². The second-order valence-corrected chi connectivity index (χ2v) is 14.7. The Labute approximate surface area is 283 Å². The van der Waals surface area contributed by atoms with Gasteiger partial charge in [0.25, 0.3) is 5.91 Å². The van der Waals surface area contributed by atoms with Crippen LogP contribution in [0.1, 0.15) is 52.9 Å². The lowest BCUT2D eigenvalue weighted by molar-refractivity contribution is -0.142. The number of H-pyrrole nitrogens is 1. The molecule has 0 radical (unpaired) electrons. The van der Waals surface area contributed by atoms with Crippen molar-refractivity contribution in [3.05, 3.63) is 74.2 Å². The Morgan fingerprint density at radius 1 is 1.00 bits per heavy atom. The Morgan fingerprint density at radius 2 is 1.71 bits per heavy atom. The van der Waals surface area contributed by atoms with E-state index in [0.717, 1.165) is 21.9 Å². The molecule has 3 aromatic rings. The van der Waals surface area contributed by atoms with Crippen LogP contribution in [0.5, 0.6) is 5.75 Å². The van der Waals surface area contributed by atoms with Gasteiger partial charge < -0.3 is 24.9 Å². The molecule has 3 heterocycles. The van der Waals surface area contributed by atoms with Crippen molar-refractivity contribution < 1.29 is 38.6 Å². The third-order valence-electron chi connectivity index (χ3n) is 9.88. The number of esters is 1. The highest BCUT2D eigenvalue weighted by atomic mass is 32.2. The van der Waals surface area contributed by atoms with E-state index in [9.17, 15) is 28.8 Å². The van der Waals surface area contributed by atoms with Crippen LogP contribution in [0.3, 0.4) is 0 Å². The van der Waals surface area contributed by atoms with Crippen LogP contribution in [0.25, 0.3) is 0 Å². The SMILES string of the molecule is CCOC(=O)c1ccc(NC(=O)COc2ccc([C@H]3c4sc(=O)[nH]c4SC4C5CC(C6C(=O)N(CCCC(=O)O)C(=O)C56)C43)cc2)cc1. The van der Waals surface area contributed by atoms with Gasteiger partial charge in [-0.15, -0.1) is 11.8 Å². The molecule has 7 atom stereocenters. The predicted molar refractivity (Wildman–Crippen MR) is 175 cm³/mol. The summed E-state index contributed by atoms with van der Waals surface area (Å²) in [5.41, 5.74) is 1.85. The average Bonchev–Trinajstić information content (AvgIpc) is 3.80. The number of thiazole rings is 1. The number of rotatable bonds is 11. The third-order valence-corrected chi connectivity index (χ3v) is 12.5. The van der Waals surface area contributed by atoms with E-state index in [1.165, 1.54) is 16.2 Å². The van der Waals surface area contributed by atoms with Gasteiger partial charge in [0.1, 0.15) is 5.75 Å². The van der Waals surface area contributed by atoms with Crippen LogP contribution in [0.15, 0.2) is 58.4 Å². The Morgan fingerprint density at radius 3 is 2.40 bits per heavy atom. The number of thioether (sulfide) groups is 1. The van der Waals surface area contributed by atoms with Crippen molar-refractivity contribution in [2.45, 2.75) is 42.4 Å². The number of aliphatic carboxylic acids is 1. The molecule has 3 N–H and O–H groups in total. The number of ether oxygens (including phenoxy) is 2. The summed E-state index contributed by atoms with van der Waals surface area (Å²) in [5.74, 6) is -2.71. The van der Waals surface area contributed by atoms with Crippen molar-refractivity contribution in [2.75, 3.05) is 25.1 Å². The Bertz CT molecular complexity index is 1840. The van der Waals surface area contributed by atoms with Crippen LogP contribution in [0, 0.1) is 29.6 Å². The Hall–Kier alpha value is -4.43. The fraction of sp³-hybridized carbons (Fsp3) is 0.412. The van der Waals surface area contributed by atoms with E-state index in [4.69, 9.17) is 14.6 Å². The number of carboxylic acids is 1. The summed E-state index contributed by atoms with van der Waals surface area (Å²) < 4.78 is 10.7. The minimum Gasteiger partial charge on any atom is -0.484 e. The molecule has 2 saturated carbocycles. The van der Waals surface area contributed by atoms with Crippen molar-refractivity contribution in [1.82, 2.24) is 9.88 Å². The molecule has 250 valence electrons. The maximum atomic E-state index is 13.6. The van der Waals surface area contributed by atoms with E-state index in [-0.39, 0.29) is 84.1 Å². The first-order valence-corrected chi connectivity index (χ1v) is 17.6. The van der Waals surface area contributed by atoms with Crippen molar-refractivity contribution >= 4 is 58.4 Å². The van der Waals surface area contributed by atoms with E-state index in [1.807, 2.05) is 12.1 Å². The first-order valence-electron chi connectivity index (χ1n) is 15.9. The lowest BCUT2D eigenvalue weighted by atomic mass is 9.68. The van der Waals surface area contributed by atoms with Gasteiger partial charge >= 0.3 is 16.8 Å². The quantitative estimate of drug-likeness (QED) is 0.197. The fourth-order valence-electron chi connectivity index (χ4n) is 8.08. The van der Waals surface area contributed by atoms with Crippen molar-refractivity contribution in [2.24, 2.45) is 29.6 Å². The lowest BCUT2D eigenvalue weighted by Crippen LogP contribution is -2.42. The number of hydrogen-bond acceptors (Lipinski definition) is 10. The van der Waals surface area contributed by atoms with Crippen LogP contribution in [-0.2, 0) is 23.9 Å². The minimum absolute atomic E-state index is 0.0162. The van der Waals surface area contributed by atoms with Crippen molar-refractivity contribution in [3.8, 4) is 5.75 Å². The third kappa shape index (κ3) is 5.70. The van der Waals surface area contributed by atoms with Gasteiger partial charge in [0.05, 0.1) is 29.0 Å². The number of anilines is 1. The number of nitrogens with one attached hydrogen (secondary N) is 2. The number of aromatic amines is 1. The van der Waals surface area contributed by atoms with E-state index < -0.39 is 23.8 Å². The average molecular weight is 692 g/mol. The first-order chi connectivity index (χ1) is 23.1. The van der Waals surface area contributed by atoms with Gasteiger partial charge in [0.2, 0.25) is 11.8 Å².